The molecule has 0 nitrogen and oxygen atoms in total. The average Bonchev–Trinajstić information content (AvgIpc) is 3.38. The second-order valence-electron chi connectivity index (χ2n) is 11.7. The summed E-state index contributed by atoms with van der Waals surface area (Å²) >= 11 is -5.08. The molecule has 2 unspecified atom stereocenters. The third-order valence-electron chi connectivity index (χ3n) is 10.6. The van der Waals surface area contributed by atoms with Crippen molar-refractivity contribution in [2.45, 2.75) is 62.6 Å². The molecule has 33 heavy (non-hydrogen) atoms. The van der Waals surface area contributed by atoms with Gasteiger partial charge in [0.25, 0.3) is 0 Å². The van der Waals surface area contributed by atoms with Gasteiger partial charge in [-0.25, -0.2) is 0 Å². The number of halogens is 2. The van der Waals surface area contributed by atoms with Crippen molar-refractivity contribution in [2.24, 2.45) is 0 Å². The molecular weight excluding hydrogens is 642 g/mol. The summed E-state index contributed by atoms with van der Waals surface area (Å²) in [7, 11) is 13.7. The second kappa shape index (κ2) is 7.12. The molecule has 2 heterocycles. The van der Waals surface area contributed by atoms with Crippen molar-refractivity contribution in [2.75, 3.05) is 0 Å². The zero-order valence-electron chi connectivity index (χ0n) is 20.0. The molecule has 0 spiro atoms. The van der Waals surface area contributed by atoms with Gasteiger partial charge in [-0.3, -0.25) is 0 Å². The van der Waals surface area contributed by atoms with Crippen LogP contribution in [0.1, 0.15) is 42.0 Å². The van der Waals surface area contributed by atoms with E-state index in [0.29, 0.717) is 0 Å². The first-order valence-electron chi connectivity index (χ1n) is 12.6. The van der Waals surface area contributed by atoms with Gasteiger partial charge in [-0.2, -0.15) is 0 Å². The minimum absolute atomic E-state index is 0.149. The Labute approximate surface area is 208 Å². The summed E-state index contributed by atoms with van der Waals surface area (Å²) in [6, 6.07) is 23.5. The summed E-state index contributed by atoms with van der Waals surface area (Å²) in [6.07, 6.45) is 12.6. The Morgan fingerprint density at radius 2 is 1.12 bits per heavy atom. The van der Waals surface area contributed by atoms with Crippen molar-refractivity contribution >= 4 is 49.2 Å². The molecule has 172 valence electrons. The SMILES string of the molecule is C[CH]=[Hf]([Cl])([Cl])([C]1([Si]2(C)CCC2)C=Cc2ccccc21)[C]1([Si]2(C)CCC2)C=Cc2ccccc21. The molecule has 0 N–H and O–H groups in total. The van der Waals surface area contributed by atoms with E-state index < -0.39 is 31.8 Å². The molecule has 2 aliphatic heterocycles. The number of hydrogen-bond donors (Lipinski definition) is 0. The van der Waals surface area contributed by atoms with Gasteiger partial charge in [0.1, 0.15) is 0 Å². The van der Waals surface area contributed by atoms with Crippen molar-refractivity contribution in [3.05, 3.63) is 82.9 Å². The fourth-order valence-corrected chi connectivity index (χ4v) is 95.0. The molecule has 2 atom stereocenters. The predicted octanol–water partition coefficient (Wildman–Crippen LogP) is 8.69. The molecule has 2 fully saturated rings. The van der Waals surface area contributed by atoms with E-state index >= 15 is 0 Å². The first-order valence-corrected chi connectivity index (χ1v) is 33.0. The van der Waals surface area contributed by atoms with E-state index in [-0.39, 0.29) is 5.59 Å². The van der Waals surface area contributed by atoms with Crippen LogP contribution in [0.15, 0.2) is 60.7 Å². The molecule has 5 heteroatoms. The molecule has 0 saturated carbocycles. The summed E-state index contributed by atoms with van der Waals surface area (Å²) in [5, 5.41) is 0. The van der Waals surface area contributed by atoms with Crippen molar-refractivity contribution in [1.29, 1.82) is 0 Å². The summed E-state index contributed by atoms with van der Waals surface area (Å²) in [4.78, 5) is 0. The third-order valence-corrected chi connectivity index (χ3v) is 78.3. The monoisotopic (exact) mass is 676 g/mol. The van der Waals surface area contributed by atoms with E-state index in [1.165, 1.54) is 59.3 Å². The predicted molar refractivity (Wildman–Crippen MR) is 149 cm³/mol. The van der Waals surface area contributed by atoms with Crippen LogP contribution in [0.2, 0.25) is 37.3 Å². The van der Waals surface area contributed by atoms with Gasteiger partial charge in [0, 0.05) is 0 Å². The van der Waals surface area contributed by atoms with Gasteiger partial charge in [0.15, 0.2) is 0 Å². The van der Waals surface area contributed by atoms with Crippen LogP contribution in [0.4, 0.5) is 0 Å². The molecule has 2 saturated heterocycles. The van der Waals surface area contributed by atoms with E-state index in [9.17, 15) is 0 Å². The van der Waals surface area contributed by atoms with Gasteiger partial charge in [-0.15, -0.1) is 0 Å². The maximum atomic E-state index is 8.65. The van der Waals surface area contributed by atoms with Crippen LogP contribution in [0, 0.1) is 0 Å². The fourth-order valence-electron chi connectivity index (χ4n) is 8.54. The molecule has 6 rings (SSSR count). The van der Waals surface area contributed by atoms with E-state index in [4.69, 9.17) is 17.2 Å². The Kier molecular flexibility index (Phi) is 4.99. The summed E-state index contributed by atoms with van der Waals surface area (Å²) in [5.74, 6) is 0. The number of allylic oxidation sites excluding steroid dienone is 2. The first-order chi connectivity index (χ1) is 15.7. The number of hydrogen-bond acceptors (Lipinski definition) is 0. The quantitative estimate of drug-likeness (QED) is 0.285. The molecule has 2 aromatic carbocycles. The molecule has 0 amide bonds. The minimum atomic E-state index is -5.08. The van der Waals surface area contributed by atoms with Crippen molar-refractivity contribution < 1.29 is 15.7 Å². The standard InChI is InChI=1S/2C13H15Si.C2H4.2ClH.Hf/c2*1-14(9-4-10-14)13-8-7-11-5-2-3-6-12(11)13;1-2;;;/h2*2-3,5-8H,4,9-10H2,1H3;1H,2H3;2*1H;/q;;;;;+2/p-2. The number of benzene rings is 2. The molecule has 0 aromatic heterocycles. The van der Waals surface area contributed by atoms with Gasteiger partial charge in [0.2, 0.25) is 0 Å². The fraction of sp³-hybridized carbons (Fsp3) is 0.393. The van der Waals surface area contributed by atoms with Gasteiger partial charge < -0.3 is 0 Å². The summed E-state index contributed by atoms with van der Waals surface area (Å²) in [5.41, 5.74) is 5.64. The molecule has 2 aliphatic carbocycles. The number of fused-ring (bicyclic) bond motifs is 2. The van der Waals surface area contributed by atoms with Gasteiger partial charge in [-0.05, 0) is 0 Å². The Hall–Kier alpha value is -0.326. The molecule has 2 aromatic rings. The van der Waals surface area contributed by atoms with Crippen molar-refractivity contribution in [3.8, 4) is 0 Å². The van der Waals surface area contributed by atoms with Gasteiger partial charge >= 0.3 is 210 Å². The van der Waals surface area contributed by atoms with Crippen LogP contribution in [0.25, 0.3) is 12.2 Å². The summed E-state index contributed by atoms with van der Waals surface area (Å²) in [6.45, 7) is 7.52. The molecule has 0 bridgehead atoms. The Balaban J connectivity index is 1.78. The Bertz CT molecular complexity index is 1200. The maximum absolute atomic E-state index is 8.65. The molecule has 0 radical (unpaired) electrons. The van der Waals surface area contributed by atoms with Crippen LogP contribution in [-0.2, 0) is 21.2 Å². The first kappa shape index (κ1) is 23.1. The third kappa shape index (κ3) is 2.41. The van der Waals surface area contributed by atoms with Crippen molar-refractivity contribution in [3.63, 3.8) is 0 Å². The van der Waals surface area contributed by atoms with Crippen LogP contribution in [-0.4, -0.2) is 19.9 Å². The van der Waals surface area contributed by atoms with Crippen LogP contribution >= 0.6 is 17.2 Å². The summed E-state index contributed by atoms with van der Waals surface area (Å²) < 4.78 is 2.17. The van der Waals surface area contributed by atoms with E-state index in [1.54, 1.807) is 0 Å². The van der Waals surface area contributed by atoms with Crippen LogP contribution in [0.5, 0.6) is 0 Å². The second-order valence-corrected chi connectivity index (χ2v) is 55.0. The van der Waals surface area contributed by atoms with Crippen LogP contribution in [0.3, 0.4) is 0 Å². The van der Waals surface area contributed by atoms with Gasteiger partial charge in [-0.1, -0.05) is 0 Å². The van der Waals surface area contributed by atoms with E-state index in [2.05, 4.69) is 96.6 Å². The van der Waals surface area contributed by atoms with Crippen LogP contribution < -0.4 is 0 Å². The number of rotatable bonds is 4. The van der Waals surface area contributed by atoms with Crippen molar-refractivity contribution in [1.82, 2.24) is 0 Å². The van der Waals surface area contributed by atoms with E-state index in [0.717, 1.165) is 0 Å². The molecular formula is C28H34Cl2HfSi2. The molecule has 4 aliphatic rings. The normalized spacial score (nSPS) is 30.8. The average molecular weight is 676 g/mol. The zero-order chi connectivity index (χ0) is 23.2. The van der Waals surface area contributed by atoms with E-state index in [1.807, 2.05) is 0 Å². The Morgan fingerprint density at radius 1 is 0.727 bits per heavy atom. The Morgan fingerprint density at radius 3 is 1.45 bits per heavy atom. The van der Waals surface area contributed by atoms with Gasteiger partial charge in [0.05, 0.1) is 0 Å². The zero-order valence-corrected chi connectivity index (χ0v) is 27.1. The topological polar surface area (TPSA) is 0 Å².